The van der Waals surface area contributed by atoms with Gasteiger partial charge in [-0.1, -0.05) is 30.1 Å². The van der Waals surface area contributed by atoms with E-state index >= 15 is 0 Å². The van der Waals surface area contributed by atoms with Crippen LogP contribution in [-0.4, -0.2) is 13.6 Å². The third-order valence-corrected chi connectivity index (χ3v) is 4.67. The van der Waals surface area contributed by atoms with Gasteiger partial charge < -0.3 is 10.2 Å². The highest BCUT2D eigenvalue weighted by Gasteiger charge is 2.10. The molecule has 1 aromatic heterocycles. The van der Waals surface area contributed by atoms with E-state index in [4.69, 9.17) is 23.2 Å². The summed E-state index contributed by atoms with van der Waals surface area (Å²) in [6.07, 6.45) is 1.12. The molecule has 0 aliphatic carbocycles. The van der Waals surface area contributed by atoms with Crippen molar-refractivity contribution in [2.75, 3.05) is 18.5 Å². The molecule has 0 bridgehead atoms. The van der Waals surface area contributed by atoms with E-state index in [2.05, 4.69) is 36.3 Å². The summed E-state index contributed by atoms with van der Waals surface area (Å²) in [6.45, 7) is 4.85. The molecule has 0 fully saturated rings. The van der Waals surface area contributed by atoms with Gasteiger partial charge in [0.25, 0.3) is 0 Å². The monoisotopic (exact) mass is 342 g/mol. The Labute approximate surface area is 140 Å². The number of anilines is 1. The Morgan fingerprint density at radius 3 is 2.67 bits per heavy atom. The number of nitrogens with zero attached hydrogens (tertiary/aromatic N) is 1. The Hall–Kier alpha value is -0.740. The van der Waals surface area contributed by atoms with E-state index in [-0.39, 0.29) is 0 Å². The summed E-state index contributed by atoms with van der Waals surface area (Å²) in [5.74, 6) is 0. The quantitative estimate of drug-likeness (QED) is 0.696. The standard InChI is InChI=1S/C16H20Cl2N2S/c1-3-8-19-10-12-9-13(17)4-6-15(12)20(2)11-14-5-7-16(18)21-14/h4-7,9,19H,3,8,10-11H2,1-2H3. The summed E-state index contributed by atoms with van der Waals surface area (Å²) in [5.41, 5.74) is 2.42. The minimum absolute atomic E-state index is 0.777. The topological polar surface area (TPSA) is 15.3 Å². The normalized spacial score (nSPS) is 10.9. The van der Waals surface area contributed by atoms with Gasteiger partial charge in [-0.25, -0.2) is 0 Å². The predicted octanol–water partition coefficient (Wildman–Crippen LogP) is 5.19. The number of hydrogen-bond donors (Lipinski definition) is 1. The third kappa shape index (κ3) is 4.89. The fraction of sp³-hybridized carbons (Fsp3) is 0.375. The Bertz CT molecular complexity index is 583. The second-order valence-corrected chi connectivity index (χ2v) is 7.25. The minimum Gasteiger partial charge on any atom is -0.369 e. The zero-order valence-electron chi connectivity index (χ0n) is 12.3. The molecule has 1 N–H and O–H groups in total. The van der Waals surface area contributed by atoms with Gasteiger partial charge in [-0.15, -0.1) is 11.3 Å². The van der Waals surface area contributed by atoms with E-state index in [1.54, 1.807) is 11.3 Å². The zero-order valence-corrected chi connectivity index (χ0v) is 14.7. The first-order valence-electron chi connectivity index (χ1n) is 7.04. The summed E-state index contributed by atoms with van der Waals surface area (Å²) in [7, 11) is 2.10. The van der Waals surface area contributed by atoms with Gasteiger partial charge in [0.1, 0.15) is 0 Å². The first-order chi connectivity index (χ1) is 10.1. The van der Waals surface area contributed by atoms with Gasteiger partial charge in [-0.2, -0.15) is 0 Å². The van der Waals surface area contributed by atoms with E-state index in [0.717, 1.165) is 35.4 Å². The zero-order chi connectivity index (χ0) is 15.2. The molecule has 2 aromatic rings. The molecule has 0 aliphatic rings. The Morgan fingerprint density at radius 2 is 2.00 bits per heavy atom. The Balaban J connectivity index is 2.12. The van der Waals surface area contributed by atoms with Crippen molar-refractivity contribution in [1.29, 1.82) is 0 Å². The summed E-state index contributed by atoms with van der Waals surface area (Å²) < 4.78 is 0.833. The maximum Gasteiger partial charge on any atom is 0.0931 e. The lowest BCUT2D eigenvalue weighted by atomic mass is 10.1. The van der Waals surface area contributed by atoms with E-state index in [1.807, 2.05) is 18.2 Å². The largest absolute Gasteiger partial charge is 0.369 e. The predicted molar refractivity (Wildman–Crippen MR) is 94.9 cm³/mol. The highest BCUT2D eigenvalue weighted by atomic mass is 35.5. The van der Waals surface area contributed by atoms with Crippen LogP contribution in [0.2, 0.25) is 9.36 Å². The SMILES string of the molecule is CCCNCc1cc(Cl)ccc1N(C)Cc1ccc(Cl)s1. The van der Waals surface area contributed by atoms with Gasteiger partial charge in [0.15, 0.2) is 0 Å². The average molecular weight is 343 g/mol. The number of nitrogens with one attached hydrogen (secondary N) is 1. The fourth-order valence-electron chi connectivity index (χ4n) is 2.22. The van der Waals surface area contributed by atoms with E-state index in [9.17, 15) is 0 Å². The molecule has 0 unspecified atom stereocenters. The molecule has 0 amide bonds. The smallest absolute Gasteiger partial charge is 0.0931 e. The van der Waals surface area contributed by atoms with Gasteiger partial charge in [-0.05, 0) is 48.9 Å². The molecule has 1 heterocycles. The van der Waals surface area contributed by atoms with Crippen LogP contribution in [0.15, 0.2) is 30.3 Å². The summed E-state index contributed by atoms with van der Waals surface area (Å²) in [5, 5.41) is 4.22. The molecule has 2 rings (SSSR count). The summed E-state index contributed by atoms with van der Waals surface area (Å²) in [6, 6.07) is 10.1. The van der Waals surface area contributed by atoms with Crippen LogP contribution in [0.1, 0.15) is 23.8 Å². The first-order valence-corrected chi connectivity index (χ1v) is 8.62. The van der Waals surface area contributed by atoms with Crippen LogP contribution in [0, 0.1) is 0 Å². The molecule has 0 saturated heterocycles. The maximum atomic E-state index is 6.14. The van der Waals surface area contributed by atoms with Crippen molar-refractivity contribution in [3.63, 3.8) is 0 Å². The fourth-order valence-corrected chi connectivity index (χ4v) is 3.56. The minimum atomic E-state index is 0.777. The van der Waals surface area contributed by atoms with Crippen LogP contribution in [0.3, 0.4) is 0 Å². The van der Waals surface area contributed by atoms with E-state index < -0.39 is 0 Å². The van der Waals surface area contributed by atoms with Crippen LogP contribution in [-0.2, 0) is 13.1 Å². The molecule has 5 heteroatoms. The summed E-state index contributed by atoms with van der Waals surface area (Å²) >= 11 is 13.8. The first kappa shape index (κ1) is 16.6. The maximum absolute atomic E-state index is 6.14. The molecular formula is C16H20Cl2N2S. The lowest BCUT2D eigenvalue weighted by molar-refractivity contribution is 0.674. The molecule has 0 radical (unpaired) electrons. The van der Waals surface area contributed by atoms with Gasteiger partial charge in [-0.3, -0.25) is 0 Å². The molecule has 1 aromatic carbocycles. The molecule has 0 saturated carbocycles. The lowest BCUT2D eigenvalue weighted by Crippen LogP contribution is -2.20. The van der Waals surface area contributed by atoms with E-state index in [1.165, 1.54) is 16.1 Å². The summed E-state index contributed by atoms with van der Waals surface area (Å²) in [4.78, 5) is 3.49. The van der Waals surface area contributed by atoms with Crippen LogP contribution in [0.4, 0.5) is 5.69 Å². The molecular weight excluding hydrogens is 323 g/mol. The van der Waals surface area contributed by atoms with Crippen molar-refractivity contribution in [2.24, 2.45) is 0 Å². The van der Waals surface area contributed by atoms with Gasteiger partial charge in [0.2, 0.25) is 0 Å². The van der Waals surface area contributed by atoms with Gasteiger partial charge in [0, 0.05) is 29.2 Å². The van der Waals surface area contributed by atoms with Crippen molar-refractivity contribution in [1.82, 2.24) is 5.32 Å². The van der Waals surface area contributed by atoms with Crippen LogP contribution in [0.25, 0.3) is 0 Å². The number of benzene rings is 1. The Morgan fingerprint density at radius 1 is 1.19 bits per heavy atom. The molecule has 114 valence electrons. The number of rotatable bonds is 7. The second kappa shape index (κ2) is 8.04. The van der Waals surface area contributed by atoms with Crippen LogP contribution in [0.5, 0.6) is 0 Å². The van der Waals surface area contributed by atoms with Crippen LogP contribution < -0.4 is 10.2 Å². The molecule has 21 heavy (non-hydrogen) atoms. The number of halogens is 2. The molecule has 0 atom stereocenters. The van der Waals surface area contributed by atoms with Crippen molar-refractivity contribution in [3.8, 4) is 0 Å². The molecule has 0 aliphatic heterocycles. The van der Waals surface area contributed by atoms with E-state index in [0.29, 0.717) is 0 Å². The van der Waals surface area contributed by atoms with Crippen LogP contribution >= 0.6 is 34.5 Å². The lowest BCUT2D eigenvalue weighted by Gasteiger charge is -2.22. The highest BCUT2D eigenvalue weighted by Crippen LogP contribution is 2.27. The van der Waals surface area contributed by atoms with Gasteiger partial charge >= 0.3 is 0 Å². The highest BCUT2D eigenvalue weighted by molar-refractivity contribution is 7.16. The number of thiophene rings is 1. The second-order valence-electron chi connectivity index (χ2n) is 5.01. The molecule has 2 nitrogen and oxygen atoms in total. The van der Waals surface area contributed by atoms with Crippen molar-refractivity contribution in [2.45, 2.75) is 26.4 Å². The third-order valence-electron chi connectivity index (χ3n) is 3.22. The number of hydrogen-bond acceptors (Lipinski definition) is 3. The van der Waals surface area contributed by atoms with Gasteiger partial charge in [0.05, 0.1) is 10.9 Å². The van der Waals surface area contributed by atoms with Crippen molar-refractivity contribution < 1.29 is 0 Å². The molecule has 0 spiro atoms. The average Bonchev–Trinajstić information content (AvgIpc) is 2.84. The van der Waals surface area contributed by atoms with Crippen molar-refractivity contribution >= 4 is 40.2 Å². The Kier molecular flexibility index (Phi) is 6.37. The van der Waals surface area contributed by atoms with Crippen molar-refractivity contribution in [3.05, 3.63) is 50.1 Å².